The maximum Gasteiger partial charge on any atom is 0.339 e. The van der Waals surface area contributed by atoms with E-state index in [1.165, 1.54) is 6.20 Å². The van der Waals surface area contributed by atoms with E-state index in [-0.39, 0.29) is 5.56 Å². The first-order chi connectivity index (χ1) is 10.1. The van der Waals surface area contributed by atoms with Crippen molar-refractivity contribution in [3.63, 3.8) is 0 Å². The van der Waals surface area contributed by atoms with Gasteiger partial charge in [-0.3, -0.25) is 4.68 Å². The number of carboxylic acid groups (broad SMARTS) is 1. The molecule has 0 unspecified atom stereocenters. The van der Waals surface area contributed by atoms with Gasteiger partial charge in [0.1, 0.15) is 11.3 Å². The van der Waals surface area contributed by atoms with Crippen LogP contribution in [0.15, 0.2) is 47.2 Å². The first-order valence-electron chi connectivity index (χ1n) is 6.14. The second-order valence-electron chi connectivity index (χ2n) is 4.43. The van der Waals surface area contributed by atoms with E-state index in [2.05, 4.69) is 26.1 Å². The Balaban J connectivity index is 2.21. The van der Waals surface area contributed by atoms with Crippen molar-refractivity contribution in [1.29, 1.82) is 0 Å². The normalized spacial score (nSPS) is 10.8. The van der Waals surface area contributed by atoms with Crippen LogP contribution in [0.3, 0.4) is 0 Å². The molecule has 1 N–H and O–H groups in total. The summed E-state index contributed by atoms with van der Waals surface area (Å²) < 4.78 is 3.98. The predicted molar refractivity (Wildman–Crippen MR) is 80.4 cm³/mol. The SMILES string of the molecule is Cn1nccc1-c1nn(-c2ccccc2Br)cc1C(=O)O. The lowest BCUT2D eigenvalue weighted by molar-refractivity contribution is 0.0697. The third-order valence-electron chi connectivity index (χ3n) is 3.11. The molecule has 0 fully saturated rings. The molecule has 1 aromatic carbocycles. The van der Waals surface area contributed by atoms with Crippen LogP contribution in [0.2, 0.25) is 0 Å². The molecule has 0 spiro atoms. The van der Waals surface area contributed by atoms with Gasteiger partial charge in [-0.25, -0.2) is 9.48 Å². The lowest BCUT2D eigenvalue weighted by atomic mass is 10.2. The monoisotopic (exact) mass is 346 g/mol. The molecule has 7 heteroatoms. The molecule has 0 radical (unpaired) electrons. The Morgan fingerprint density at radius 2 is 2.05 bits per heavy atom. The summed E-state index contributed by atoms with van der Waals surface area (Å²) in [5.41, 5.74) is 1.94. The van der Waals surface area contributed by atoms with E-state index in [0.717, 1.165) is 10.2 Å². The molecule has 6 nitrogen and oxygen atoms in total. The number of carboxylic acids is 1. The molecule has 3 aromatic rings. The highest BCUT2D eigenvalue weighted by Gasteiger charge is 2.20. The van der Waals surface area contributed by atoms with E-state index in [0.29, 0.717) is 11.4 Å². The molecule has 0 aliphatic carbocycles. The van der Waals surface area contributed by atoms with Crippen molar-refractivity contribution in [2.75, 3.05) is 0 Å². The van der Waals surface area contributed by atoms with Crippen LogP contribution in [-0.4, -0.2) is 30.6 Å². The Bertz CT molecular complexity index is 822. The van der Waals surface area contributed by atoms with Gasteiger partial charge < -0.3 is 5.11 Å². The van der Waals surface area contributed by atoms with Crippen molar-refractivity contribution in [1.82, 2.24) is 19.6 Å². The van der Waals surface area contributed by atoms with E-state index >= 15 is 0 Å². The lowest BCUT2D eigenvalue weighted by Crippen LogP contribution is -2.00. The van der Waals surface area contributed by atoms with Crippen LogP contribution in [0.25, 0.3) is 17.1 Å². The average molecular weight is 347 g/mol. The zero-order valence-corrected chi connectivity index (χ0v) is 12.6. The van der Waals surface area contributed by atoms with Crippen LogP contribution >= 0.6 is 15.9 Å². The van der Waals surface area contributed by atoms with Gasteiger partial charge >= 0.3 is 5.97 Å². The largest absolute Gasteiger partial charge is 0.478 e. The molecule has 2 heterocycles. The third-order valence-corrected chi connectivity index (χ3v) is 3.78. The van der Waals surface area contributed by atoms with Crippen molar-refractivity contribution >= 4 is 21.9 Å². The van der Waals surface area contributed by atoms with Gasteiger partial charge in [-0.1, -0.05) is 12.1 Å². The Kier molecular flexibility index (Phi) is 3.34. The highest BCUT2D eigenvalue weighted by molar-refractivity contribution is 9.10. The van der Waals surface area contributed by atoms with Crippen LogP contribution in [-0.2, 0) is 7.05 Å². The van der Waals surface area contributed by atoms with Crippen molar-refractivity contribution in [2.24, 2.45) is 7.05 Å². The van der Waals surface area contributed by atoms with Crippen LogP contribution < -0.4 is 0 Å². The Hall–Kier alpha value is -2.41. The molecule has 2 aromatic heterocycles. The van der Waals surface area contributed by atoms with Crippen molar-refractivity contribution in [3.8, 4) is 17.1 Å². The maximum absolute atomic E-state index is 11.5. The van der Waals surface area contributed by atoms with E-state index in [9.17, 15) is 9.90 Å². The van der Waals surface area contributed by atoms with Gasteiger partial charge in [0, 0.05) is 23.9 Å². The molecule has 0 saturated carbocycles. The van der Waals surface area contributed by atoms with Crippen LogP contribution in [0.4, 0.5) is 0 Å². The number of aromatic carboxylic acids is 1. The Morgan fingerprint density at radius 1 is 1.29 bits per heavy atom. The molecule has 106 valence electrons. The number of para-hydroxylation sites is 1. The van der Waals surface area contributed by atoms with E-state index < -0.39 is 5.97 Å². The number of benzene rings is 1. The number of nitrogens with zero attached hydrogens (tertiary/aromatic N) is 4. The summed E-state index contributed by atoms with van der Waals surface area (Å²) in [4.78, 5) is 11.5. The molecule has 0 amide bonds. The van der Waals surface area contributed by atoms with Crippen molar-refractivity contribution in [3.05, 3.63) is 52.8 Å². The van der Waals surface area contributed by atoms with E-state index in [4.69, 9.17) is 0 Å². The number of hydrogen-bond donors (Lipinski definition) is 1. The van der Waals surface area contributed by atoms with Crippen molar-refractivity contribution in [2.45, 2.75) is 0 Å². The molecule has 3 rings (SSSR count). The average Bonchev–Trinajstić information content (AvgIpc) is 3.05. The second kappa shape index (κ2) is 5.17. The zero-order chi connectivity index (χ0) is 15.0. The number of rotatable bonds is 3. The highest BCUT2D eigenvalue weighted by Crippen LogP contribution is 2.26. The number of halogens is 1. The summed E-state index contributed by atoms with van der Waals surface area (Å²) in [5.74, 6) is -1.02. The first kappa shape index (κ1) is 13.6. The highest BCUT2D eigenvalue weighted by atomic mass is 79.9. The smallest absolute Gasteiger partial charge is 0.339 e. The van der Waals surface area contributed by atoms with Gasteiger partial charge in [-0.05, 0) is 34.1 Å². The van der Waals surface area contributed by atoms with Crippen LogP contribution in [0, 0.1) is 0 Å². The molecular weight excluding hydrogens is 336 g/mol. The van der Waals surface area contributed by atoms with Gasteiger partial charge in [0.2, 0.25) is 0 Å². The van der Waals surface area contributed by atoms with Gasteiger partial charge in [0.05, 0.1) is 11.4 Å². The lowest BCUT2D eigenvalue weighted by Gasteiger charge is -2.03. The fourth-order valence-electron chi connectivity index (χ4n) is 2.09. The molecule has 0 bridgehead atoms. The summed E-state index contributed by atoms with van der Waals surface area (Å²) in [6.45, 7) is 0. The summed E-state index contributed by atoms with van der Waals surface area (Å²) in [5, 5.41) is 17.9. The zero-order valence-electron chi connectivity index (χ0n) is 11.1. The van der Waals surface area contributed by atoms with E-state index in [1.54, 1.807) is 28.7 Å². The van der Waals surface area contributed by atoms with Crippen LogP contribution in [0.1, 0.15) is 10.4 Å². The minimum absolute atomic E-state index is 0.134. The van der Waals surface area contributed by atoms with Gasteiger partial charge in [-0.15, -0.1) is 0 Å². The minimum Gasteiger partial charge on any atom is -0.478 e. The molecule has 0 aliphatic heterocycles. The first-order valence-corrected chi connectivity index (χ1v) is 6.93. The van der Waals surface area contributed by atoms with Crippen molar-refractivity contribution < 1.29 is 9.90 Å². The van der Waals surface area contributed by atoms with Crippen LogP contribution in [0.5, 0.6) is 0 Å². The van der Waals surface area contributed by atoms with Gasteiger partial charge in [0.25, 0.3) is 0 Å². The summed E-state index contributed by atoms with van der Waals surface area (Å²) in [6.07, 6.45) is 3.11. The fourth-order valence-corrected chi connectivity index (χ4v) is 2.55. The standard InChI is InChI=1S/C14H11BrN4O2/c1-18-12(6-7-16-18)13-9(14(20)21)8-19(17-13)11-5-3-2-4-10(11)15/h2-8H,1H3,(H,20,21). The fraction of sp³-hybridized carbons (Fsp3) is 0.0714. The Labute approximate surface area is 128 Å². The minimum atomic E-state index is -1.02. The third kappa shape index (κ3) is 2.36. The van der Waals surface area contributed by atoms with Gasteiger partial charge in [0.15, 0.2) is 0 Å². The maximum atomic E-state index is 11.5. The van der Waals surface area contributed by atoms with Gasteiger partial charge in [-0.2, -0.15) is 10.2 Å². The number of aryl methyl sites for hydroxylation is 1. The predicted octanol–water partition coefficient (Wildman–Crippen LogP) is 2.73. The quantitative estimate of drug-likeness (QED) is 0.791. The number of carbonyl (C=O) groups is 1. The topological polar surface area (TPSA) is 72.9 Å². The number of aromatic nitrogens is 4. The molecular formula is C14H11BrN4O2. The molecule has 0 aliphatic rings. The van der Waals surface area contributed by atoms with E-state index in [1.807, 2.05) is 24.3 Å². The summed E-state index contributed by atoms with van der Waals surface area (Å²) in [6, 6.07) is 9.22. The summed E-state index contributed by atoms with van der Waals surface area (Å²) in [7, 11) is 1.75. The molecule has 0 atom stereocenters. The second-order valence-corrected chi connectivity index (χ2v) is 5.29. The number of hydrogen-bond acceptors (Lipinski definition) is 3. The Morgan fingerprint density at radius 3 is 2.67 bits per heavy atom. The summed E-state index contributed by atoms with van der Waals surface area (Å²) >= 11 is 3.44. The molecule has 0 saturated heterocycles. The molecule has 21 heavy (non-hydrogen) atoms.